The van der Waals surface area contributed by atoms with Gasteiger partial charge >= 0.3 is 5.97 Å². The summed E-state index contributed by atoms with van der Waals surface area (Å²) in [6.45, 7) is 4.16. The zero-order valence-electron chi connectivity index (χ0n) is 15.0. The van der Waals surface area contributed by atoms with E-state index in [1.165, 1.54) is 6.92 Å². The summed E-state index contributed by atoms with van der Waals surface area (Å²) < 4.78 is 5.27. The van der Waals surface area contributed by atoms with Crippen LogP contribution in [0.25, 0.3) is 0 Å². The normalized spacial score (nSPS) is 11.5. The predicted molar refractivity (Wildman–Crippen MR) is 99.9 cm³/mol. The van der Waals surface area contributed by atoms with Crippen LogP contribution in [0.1, 0.15) is 28.4 Å². The van der Waals surface area contributed by atoms with Crippen LogP contribution >= 0.6 is 0 Å². The number of hydrogen-bond donors (Lipinski definition) is 3. The van der Waals surface area contributed by atoms with Crippen LogP contribution < -0.4 is 10.6 Å². The van der Waals surface area contributed by atoms with Gasteiger partial charge in [0.25, 0.3) is 5.91 Å². The second-order valence-electron chi connectivity index (χ2n) is 5.95. The Kier molecular flexibility index (Phi) is 7.17. The first-order valence-corrected chi connectivity index (χ1v) is 8.49. The summed E-state index contributed by atoms with van der Waals surface area (Å²) >= 11 is 0. The predicted octanol–water partition coefficient (Wildman–Crippen LogP) is 2.26. The van der Waals surface area contributed by atoms with Crippen molar-refractivity contribution in [2.75, 3.05) is 18.5 Å². The average molecular weight is 356 g/mol. The minimum absolute atomic E-state index is 0.0544. The number of carbonyl (C=O) groups is 2. The number of aliphatic hydroxyl groups excluding tert-OH is 1. The van der Waals surface area contributed by atoms with E-state index in [0.717, 1.165) is 11.1 Å². The van der Waals surface area contributed by atoms with Gasteiger partial charge in [0.2, 0.25) is 0 Å². The highest BCUT2D eigenvalue weighted by Crippen LogP contribution is 2.16. The number of hydrogen-bond acceptors (Lipinski definition) is 5. The molecule has 0 aliphatic carbocycles. The summed E-state index contributed by atoms with van der Waals surface area (Å²) in [6, 6.07) is 14.6. The Balaban J connectivity index is 1.91. The van der Waals surface area contributed by atoms with Gasteiger partial charge < -0.3 is 20.5 Å². The van der Waals surface area contributed by atoms with Gasteiger partial charge in [0.1, 0.15) is 0 Å². The van der Waals surface area contributed by atoms with E-state index in [9.17, 15) is 9.59 Å². The third-order valence-corrected chi connectivity index (χ3v) is 3.81. The van der Waals surface area contributed by atoms with Crippen LogP contribution in [0.3, 0.4) is 0 Å². The Bertz CT molecular complexity index is 744. The van der Waals surface area contributed by atoms with Gasteiger partial charge in [-0.2, -0.15) is 0 Å². The minimum Gasteiger partial charge on any atom is -0.449 e. The lowest BCUT2D eigenvalue weighted by molar-refractivity contribution is -0.129. The van der Waals surface area contributed by atoms with E-state index in [-0.39, 0.29) is 12.5 Å². The first kappa shape index (κ1) is 19.5. The zero-order valence-corrected chi connectivity index (χ0v) is 15.0. The van der Waals surface area contributed by atoms with Crippen molar-refractivity contribution >= 4 is 17.6 Å². The summed E-state index contributed by atoms with van der Waals surface area (Å²) in [6.07, 6.45) is -0.918. The van der Waals surface area contributed by atoms with Crippen molar-refractivity contribution in [3.05, 3.63) is 65.2 Å². The van der Waals surface area contributed by atoms with Crippen LogP contribution in [0.4, 0.5) is 5.69 Å². The number of ether oxygens (including phenoxy) is 1. The largest absolute Gasteiger partial charge is 0.449 e. The van der Waals surface area contributed by atoms with E-state index in [1.807, 2.05) is 31.2 Å². The van der Waals surface area contributed by atoms with E-state index in [2.05, 4.69) is 10.6 Å². The third-order valence-electron chi connectivity index (χ3n) is 3.81. The van der Waals surface area contributed by atoms with Gasteiger partial charge in [-0.05, 0) is 31.5 Å². The lowest BCUT2D eigenvalue weighted by atomic mass is 10.1. The van der Waals surface area contributed by atoms with Crippen molar-refractivity contribution in [2.45, 2.75) is 26.5 Å². The molecule has 1 amide bonds. The molecule has 0 saturated carbocycles. The molecule has 2 rings (SSSR count). The van der Waals surface area contributed by atoms with Crippen LogP contribution in [0.15, 0.2) is 48.5 Å². The first-order chi connectivity index (χ1) is 12.5. The highest BCUT2D eigenvalue weighted by Gasteiger charge is 2.20. The molecule has 0 unspecified atom stereocenters. The van der Waals surface area contributed by atoms with Crippen LogP contribution in [0.5, 0.6) is 0 Å². The molecule has 0 aliphatic heterocycles. The molecule has 6 heteroatoms. The molecule has 0 radical (unpaired) electrons. The number of aryl methyl sites for hydroxylation is 1. The van der Waals surface area contributed by atoms with Crippen LogP contribution in [0.2, 0.25) is 0 Å². The Labute approximate surface area is 153 Å². The van der Waals surface area contributed by atoms with Gasteiger partial charge in [0.15, 0.2) is 6.10 Å². The summed E-state index contributed by atoms with van der Waals surface area (Å²) in [5.41, 5.74) is 3.00. The molecule has 0 fully saturated rings. The van der Waals surface area contributed by atoms with E-state index in [0.29, 0.717) is 24.3 Å². The Morgan fingerprint density at radius 3 is 2.50 bits per heavy atom. The Morgan fingerprint density at radius 1 is 1.12 bits per heavy atom. The van der Waals surface area contributed by atoms with Gasteiger partial charge in [-0.3, -0.25) is 4.79 Å². The number of carbonyl (C=O) groups excluding carboxylic acids is 2. The molecule has 1 atom stereocenters. The van der Waals surface area contributed by atoms with Crippen LogP contribution in [-0.4, -0.2) is 36.2 Å². The van der Waals surface area contributed by atoms with E-state index in [4.69, 9.17) is 9.84 Å². The van der Waals surface area contributed by atoms with E-state index < -0.39 is 12.1 Å². The van der Waals surface area contributed by atoms with Crippen molar-refractivity contribution in [3.63, 3.8) is 0 Å². The standard InChI is InChI=1S/C20H24N2O4/c1-14-7-9-16(10-8-14)13-22-19(24)15(2)26-20(25)17-5-3-4-6-18(17)21-11-12-23/h3-10,15,21,23H,11-13H2,1-2H3,(H,22,24)/t15-/m0/s1. The number of nitrogens with one attached hydrogen (secondary N) is 2. The third kappa shape index (κ3) is 5.60. The Morgan fingerprint density at radius 2 is 1.81 bits per heavy atom. The maximum absolute atomic E-state index is 12.4. The van der Waals surface area contributed by atoms with Gasteiger partial charge in [-0.25, -0.2) is 4.79 Å². The molecule has 2 aromatic rings. The fourth-order valence-corrected chi connectivity index (χ4v) is 2.32. The Hall–Kier alpha value is -2.86. The number of benzene rings is 2. The lowest BCUT2D eigenvalue weighted by Crippen LogP contribution is -2.35. The second kappa shape index (κ2) is 9.58. The molecule has 0 heterocycles. The maximum atomic E-state index is 12.4. The van der Waals surface area contributed by atoms with E-state index >= 15 is 0 Å². The van der Waals surface area contributed by atoms with Gasteiger partial charge in [0, 0.05) is 18.8 Å². The van der Waals surface area contributed by atoms with Crippen molar-refractivity contribution in [2.24, 2.45) is 0 Å². The summed E-state index contributed by atoms with van der Waals surface area (Å²) in [4.78, 5) is 24.5. The topological polar surface area (TPSA) is 87.7 Å². The summed E-state index contributed by atoms with van der Waals surface area (Å²) in [5, 5.41) is 14.6. The quantitative estimate of drug-likeness (QED) is 0.632. The molecule has 0 aliphatic rings. The second-order valence-corrected chi connectivity index (χ2v) is 5.95. The molecular formula is C20H24N2O4. The fourth-order valence-electron chi connectivity index (χ4n) is 2.32. The number of esters is 1. The highest BCUT2D eigenvalue weighted by molar-refractivity contribution is 5.97. The smallest absolute Gasteiger partial charge is 0.341 e. The molecule has 2 aromatic carbocycles. The number of rotatable bonds is 8. The van der Waals surface area contributed by atoms with Crippen LogP contribution in [0, 0.1) is 6.92 Å². The SMILES string of the molecule is Cc1ccc(CNC(=O)[C@H](C)OC(=O)c2ccccc2NCCO)cc1. The van der Waals surface area contributed by atoms with Crippen LogP contribution in [-0.2, 0) is 16.1 Å². The number of amides is 1. The van der Waals surface area contributed by atoms with E-state index in [1.54, 1.807) is 24.3 Å². The molecule has 0 spiro atoms. The van der Waals surface area contributed by atoms with Gasteiger partial charge in [-0.15, -0.1) is 0 Å². The molecule has 0 saturated heterocycles. The van der Waals surface area contributed by atoms with Crippen molar-refractivity contribution in [3.8, 4) is 0 Å². The van der Waals surface area contributed by atoms with Gasteiger partial charge in [-0.1, -0.05) is 42.0 Å². The molecule has 0 aromatic heterocycles. The molecule has 0 bridgehead atoms. The number of para-hydroxylation sites is 1. The molecule has 6 nitrogen and oxygen atoms in total. The maximum Gasteiger partial charge on any atom is 0.341 e. The van der Waals surface area contributed by atoms with Crippen molar-refractivity contribution in [1.82, 2.24) is 5.32 Å². The zero-order chi connectivity index (χ0) is 18.9. The molecule has 138 valence electrons. The minimum atomic E-state index is -0.918. The average Bonchev–Trinajstić information content (AvgIpc) is 2.65. The summed E-state index contributed by atoms with van der Waals surface area (Å²) in [5.74, 6) is -0.955. The molecule has 3 N–H and O–H groups in total. The molecule has 26 heavy (non-hydrogen) atoms. The molecular weight excluding hydrogens is 332 g/mol. The number of anilines is 1. The first-order valence-electron chi connectivity index (χ1n) is 8.49. The van der Waals surface area contributed by atoms with Gasteiger partial charge in [0.05, 0.1) is 12.2 Å². The summed E-state index contributed by atoms with van der Waals surface area (Å²) in [7, 11) is 0. The lowest BCUT2D eigenvalue weighted by Gasteiger charge is -2.15. The number of aliphatic hydroxyl groups is 1. The monoisotopic (exact) mass is 356 g/mol. The highest BCUT2D eigenvalue weighted by atomic mass is 16.5. The van der Waals surface area contributed by atoms with Crippen molar-refractivity contribution < 1.29 is 19.4 Å². The van der Waals surface area contributed by atoms with Crippen molar-refractivity contribution in [1.29, 1.82) is 0 Å². The fraction of sp³-hybridized carbons (Fsp3) is 0.300.